The zero-order valence-electron chi connectivity index (χ0n) is 7.10. The maximum Gasteiger partial charge on any atom is 0.224 e. The molecule has 0 saturated heterocycles. The van der Waals surface area contributed by atoms with E-state index in [0.29, 0.717) is 0 Å². The topological polar surface area (TPSA) is 57.5 Å². The molecule has 3 heteroatoms. The maximum absolute atomic E-state index is 11.1. The van der Waals surface area contributed by atoms with Gasteiger partial charge in [-0.3, -0.25) is 4.79 Å². The Morgan fingerprint density at radius 1 is 1.31 bits per heavy atom. The Kier molecular flexibility index (Phi) is 2.80. The quantitative estimate of drug-likeness (QED) is 0.657. The average Bonchev–Trinajstić information content (AvgIpc) is 2.04. The molecule has 0 saturated carbocycles. The van der Waals surface area contributed by atoms with Gasteiger partial charge in [0.1, 0.15) is 0 Å². The zero-order valence-corrected chi connectivity index (χ0v) is 7.10. The normalized spacial score (nSPS) is 11.3. The molecule has 1 aromatic rings. The summed E-state index contributed by atoms with van der Waals surface area (Å²) in [6.07, 6.45) is -0.0165. The summed E-state index contributed by atoms with van der Waals surface area (Å²) in [5.41, 5.74) is 0.739. The number of carbonyl (C=O) groups excluding carboxylic acids is 1. The van der Waals surface area contributed by atoms with Crippen LogP contribution in [0.5, 0.6) is 0 Å². The van der Waals surface area contributed by atoms with E-state index in [0.717, 1.165) is 5.56 Å². The summed E-state index contributed by atoms with van der Waals surface area (Å²) in [4.78, 5) is 11.1. The van der Waals surface area contributed by atoms with Crippen molar-refractivity contribution in [2.24, 2.45) is 0 Å². The fourth-order valence-electron chi connectivity index (χ4n) is 0.923. The first-order valence-electron chi connectivity index (χ1n) is 3.87. The molecule has 0 heterocycles. The van der Waals surface area contributed by atoms with Crippen molar-refractivity contribution in [1.29, 1.82) is 0 Å². The molecule has 0 atom stereocenters. The zero-order chi connectivity index (χ0) is 9.90. The molecule has 0 aliphatic carbocycles. The van der Waals surface area contributed by atoms with Crippen molar-refractivity contribution in [3.05, 3.63) is 42.8 Å². The van der Waals surface area contributed by atoms with Crippen molar-refractivity contribution in [1.82, 2.24) is 0 Å². The summed E-state index contributed by atoms with van der Waals surface area (Å²) >= 11 is 0. The smallest absolute Gasteiger partial charge is 0.224 e. The Morgan fingerprint density at radius 2 is 1.85 bits per heavy atom. The minimum Gasteiger partial charge on any atom is -0.360 e. The molecule has 1 rings (SSSR count). The van der Waals surface area contributed by atoms with Gasteiger partial charge in [0.25, 0.3) is 0 Å². The van der Waals surface area contributed by atoms with Gasteiger partial charge in [-0.05, 0) is 5.56 Å². The van der Waals surface area contributed by atoms with Crippen LogP contribution in [-0.4, -0.2) is 21.8 Å². The van der Waals surface area contributed by atoms with Crippen LogP contribution in [0.3, 0.4) is 0 Å². The lowest BCUT2D eigenvalue weighted by Crippen LogP contribution is -2.36. The lowest BCUT2D eigenvalue weighted by atomic mass is 10.0. The summed E-state index contributed by atoms with van der Waals surface area (Å²) in [7, 11) is 0. The maximum atomic E-state index is 11.1. The third kappa shape index (κ3) is 2.97. The van der Waals surface area contributed by atoms with Crippen molar-refractivity contribution in [2.75, 3.05) is 0 Å². The highest BCUT2D eigenvalue weighted by molar-refractivity contribution is 5.87. The summed E-state index contributed by atoms with van der Waals surface area (Å²) in [6, 6.07) is 8.86. The number of carbonyl (C=O) groups is 1. The second-order valence-corrected chi connectivity index (χ2v) is 2.90. The van der Waals surface area contributed by atoms with Gasteiger partial charge in [0.15, 0.2) is 5.78 Å². The van der Waals surface area contributed by atoms with Crippen LogP contribution in [0.1, 0.15) is 5.56 Å². The molecule has 0 spiro atoms. The monoisotopic (exact) mass is 179 g/mol. The second kappa shape index (κ2) is 3.68. The van der Waals surface area contributed by atoms with Gasteiger partial charge in [-0.25, -0.2) is 0 Å². The first-order valence-corrected chi connectivity index (χ1v) is 3.87. The Bertz CT molecular complexity index is 285. The van der Waals surface area contributed by atoms with E-state index < -0.39 is 11.6 Å². The highest BCUT2D eigenvalue weighted by Crippen LogP contribution is 2.06. The van der Waals surface area contributed by atoms with Gasteiger partial charge >= 0.3 is 0 Å². The molecular weight excluding hydrogens is 168 g/mol. The minimum atomic E-state index is -2.48. The lowest BCUT2D eigenvalue weighted by Gasteiger charge is -2.13. The molecule has 0 amide bonds. The standard InChI is InChI=1S/C10H11O3/c1-10(12,13)9(11)7-8-5-3-2-4-6-8/h2-6,12-13H,1,7H2. The van der Waals surface area contributed by atoms with Crippen LogP contribution in [0.2, 0.25) is 0 Å². The molecule has 0 aliphatic heterocycles. The van der Waals surface area contributed by atoms with Gasteiger partial charge in [0.05, 0.1) is 0 Å². The van der Waals surface area contributed by atoms with Gasteiger partial charge in [0, 0.05) is 13.3 Å². The van der Waals surface area contributed by atoms with Gasteiger partial charge in [-0.1, -0.05) is 30.3 Å². The van der Waals surface area contributed by atoms with Crippen LogP contribution in [0.15, 0.2) is 30.3 Å². The van der Waals surface area contributed by atoms with Crippen LogP contribution >= 0.6 is 0 Å². The summed E-state index contributed by atoms with van der Waals surface area (Å²) < 4.78 is 0. The van der Waals surface area contributed by atoms with E-state index in [1.807, 2.05) is 6.07 Å². The Morgan fingerprint density at radius 3 is 2.31 bits per heavy atom. The molecular formula is C10H11O3. The molecule has 1 radical (unpaired) electrons. The number of hydrogen-bond donors (Lipinski definition) is 2. The number of benzene rings is 1. The predicted molar refractivity (Wildman–Crippen MR) is 47.7 cm³/mol. The van der Waals surface area contributed by atoms with E-state index in [2.05, 4.69) is 6.92 Å². The Labute approximate surface area is 76.6 Å². The Balaban J connectivity index is 2.66. The molecule has 2 N–H and O–H groups in total. The highest BCUT2D eigenvalue weighted by Gasteiger charge is 2.26. The third-order valence-electron chi connectivity index (χ3n) is 1.65. The van der Waals surface area contributed by atoms with Crippen molar-refractivity contribution in [3.63, 3.8) is 0 Å². The molecule has 0 aliphatic rings. The molecule has 0 fully saturated rings. The summed E-state index contributed by atoms with van der Waals surface area (Å²) in [6.45, 7) is 2.93. The van der Waals surface area contributed by atoms with E-state index in [-0.39, 0.29) is 6.42 Å². The van der Waals surface area contributed by atoms with Crippen LogP contribution in [0.25, 0.3) is 0 Å². The third-order valence-corrected chi connectivity index (χ3v) is 1.65. The molecule has 0 unspecified atom stereocenters. The van der Waals surface area contributed by atoms with Crippen LogP contribution in [-0.2, 0) is 11.2 Å². The van der Waals surface area contributed by atoms with Crippen LogP contribution in [0.4, 0.5) is 0 Å². The molecule has 69 valence electrons. The van der Waals surface area contributed by atoms with E-state index in [1.54, 1.807) is 24.3 Å². The minimum absolute atomic E-state index is 0.0165. The first-order chi connectivity index (χ1) is 6.00. The van der Waals surface area contributed by atoms with Gasteiger partial charge in [-0.2, -0.15) is 0 Å². The number of aliphatic hydroxyl groups is 2. The summed E-state index contributed by atoms with van der Waals surface area (Å²) in [5.74, 6) is -3.19. The Hall–Kier alpha value is -1.19. The van der Waals surface area contributed by atoms with Crippen LogP contribution in [0, 0.1) is 6.92 Å². The van der Waals surface area contributed by atoms with E-state index in [1.165, 1.54) is 0 Å². The first kappa shape index (κ1) is 9.89. The molecule has 3 nitrogen and oxygen atoms in total. The molecule has 0 aromatic heterocycles. The van der Waals surface area contributed by atoms with E-state index in [4.69, 9.17) is 10.2 Å². The number of rotatable bonds is 3. The van der Waals surface area contributed by atoms with Gasteiger partial charge in [0.2, 0.25) is 5.79 Å². The largest absolute Gasteiger partial charge is 0.360 e. The predicted octanol–water partition coefficient (Wildman–Crippen LogP) is 0.313. The van der Waals surface area contributed by atoms with E-state index in [9.17, 15) is 4.79 Å². The molecule has 0 bridgehead atoms. The number of Topliss-reactive ketones (excluding diaryl/α,β-unsaturated/α-hetero) is 1. The van der Waals surface area contributed by atoms with Crippen molar-refractivity contribution in [3.8, 4) is 0 Å². The van der Waals surface area contributed by atoms with Crippen molar-refractivity contribution in [2.45, 2.75) is 12.2 Å². The SMILES string of the molecule is [CH2]C(O)(O)C(=O)Cc1ccccc1. The van der Waals surface area contributed by atoms with Gasteiger partial charge < -0.3 is 10.2 Å². The van der Waals surface area contributed by atoms with Crippen LogP contribution < -0.4 is 0 Å². The highest BCUT2D eigenvalue weighted by atomic mass is 16.5. The number of hydrogen-bond acceptors (Lipinski definition) is 3. The fourth-order valence-corrected chi connectivity index (χ4v) is 0.923. The van der Waals surface area contributed by atoms with Crippen molar-refractivity contribution >= 4 is 5.78 Å². The molecule has 1 aromatic carbocycles. The summed E-state index contributed by atoms with van der Waals surface area (Å²) in [5, 5.41) is 17.7. The fraction of sp³-hybridized carbons (Fsp3) is 0.200. The molecule has 13 heavy (non-hydrogen) atoms. The van der Waals surface area contributed by atoms with Crippen molar-refractivity contribution < 1.29 is 15.0 Å². The van der Waals surface area contributed by atoms with E-state index >= 15 is 0 Å². The second-order valence-electron chi connectivity index (χ2n) is 2.90. The number of ketones is 1. The van der Waals surface area contributed by atoms with Gasteiger partial charge in [-0.15, -0.1) is 0 Å². The average molecular weight is 179 g/mol. The lowest BCUT2D eigenvalue weighted by molar-refractivity contribution is -0.165.